The van der Waals surface area contributed by atoms with Crippen LogP contribution in [0.5, 0.6) is 0 Å². The third-order valence-corrected chi connectivity index (χ3v) is 2.18. The van der Waals surface area contributed by atoms with Crippen molar-refractivity contribution in [3.05, 3.63) is 33.6 Å². The van der Waals surface area contributed by atoms with Crippen molar-refractivity contribution in [2.24, 2.45) is 0 Å². The van der Waals surface area contributed by atoms with Crippen molar-refractivity contribution in [3.8, 4) is 0 Å². The van der Waals surface area contributed by atoms with Gasteiger partial charge in [-0.3, -0.25) is 0 Å². The van der Waals surface area contributed by atoms with Gasteiger partial charge >= 0.3 is 6.18 Å². The van der Waals surface area contributed by atoms with Crippen molar-refractivity contribution in [2.75, 3.05) is 0 Å². The van der Waals surface area contributed by atoms with Gasteiger partial charge in [0, 0.05) is 0 Å². The Morgan fingerprint density at radius 3 is 1.87 bits per heavy atom. The van der Waals surface area contributed by atoms with E-state index in [0.717, 1.165) is 0 Å². The van der Waals surface area contributed by atoms with Gasteiger partial charge in [-0.25, -0.2) is 4.39 Å². The summed E-state index contributed by atoms with van der Waals surface area (Å²) in [5, 5.41) is 7.69. The number of benzene rings is 1. The van der Waals surface area contributed by atoms with Crippen molar-refractivity contribution < 1.29 is 22.7 Å². The number of aliphatic hydroxyl groups is 1. The molecule has 0 amide bonds. The topological polar surface area (TPSA) is 20.2 Å². The maximum absolute atomic E-state index is 12.8. The zero-order chi connectivity index (χ0) is 11.8. The third kappa shape index (κ3) is 2.74. The number of halogens is 6. The SMILES string of the molecule is OC(c1cc(Cl)c(F)c(Cl)c1)C(F)(F)F. The molecule has 0 saturated heterocycles. The van der Waals surface area contributed by atoms with Gasteiger partial charge in [0.15, 0.2) is 11.9 Å². The number of alkyl halides is 3. The fourth-order valence-electron chi connectivity index (χ4n) is 0.922. The highest BCUT2D eigenvalue weighted by Gasteiger charge is 2.39. The standard InChI is InChI=1S/C8H4Cl2F4O/c9-4-1-3(2-5(10)6(4)11)7(15)8(12,13)14/h1-2,7,15H. The molecule has 84 valence electrons. The fraction of sp³-hybridized carbons (Fsp3) is 0.250. The smallest absolute Gasteiger partial charge is 0.379 e. The van der Waals surface area contributed by atoms with E-state index < -0.39 is 33.7 Å². The van der Waals surface area contributed by atoms with Gasteiger partial charge in [-0.15, -0.1) is 0 Å². The summed E-state index contributed by atoms with van der Waals surface area (Å²) in [6.07, 6.45) is -7.57. The molecule has 0 aliphatic carbocycles. The maximum atomic E-state index is 12.8. The highest BCUT2D eigenvalue weighted by Crippen LogP contribution is 2.35. The van der Waals surface area contributed by atoms with Gasteiger partial charge in [0.05, 0.1) is 10.0 Å². The molecule has 1 aromatic carbocycles. The van der Waals surface area contributed by atoms with Crippen molar-refractivity contribution in [3.63, 3.8) is 0 Å². The Labute approximate surface area is 92.2 Å². The maximum Gasteiger partial charge on any atom is 0.418 e. The summed E-state index contributed by atoms with van der Waals surface area (Å²) >= 11 is 10.6. The second-order valence-corrected chi connectivity index (χ2v) is 3.56. The van der Waals surface area contributed by atoms with E-state index in [4.69, 9.17) is 28.3 Å². The van der Waals surface area contributed by atoms with Crippen molar-refractivity contribution in [1.82, 2.24) is 0 Å². The summed E-state index contributed by atoms with van der Waals surface area (Å²) < 4.78 is 49.1. The van der Waals surface area contributed by atoms with Crippen LogP contribution in [0.2, 0.25) is 10.0 Å². The van der Waals surface area contributed by atoms with Crippen LogP contribution in [0.3, 0.4) is 0 Å². The van der Waals surface area contributed by atoms with Gasteiger partial charge in [0.1, 0.15) is 0 Å². The molecule has 0 heterocycles. The number of rotatable bonds is 1. The molecule has 0 aliphatic heterocycles. The lowest BCUT2D eigenvalue weighted by molar-refractivity contribution is -0.206. The van der Waals surface area contributed by atoms with Crippen LogP contribution in [0, 0.1) is 5.82 Å². The highest BCUT2D eigenvalue weighted by atomic mass is 35.5. The molecule has 0 bridgehead atoms. The van der Waals surface area contributed by atoms with Gasteiger partial charge in [0.2, 0.25) is 0 Å². The van der Waals surface area contributed by atoms with Crippen LogP contribution in [0.15, 0.2) is 12.1 Å². The van der Waals surface area contributed by atoms with Crippen molar-refractivity contribution in [1.29, 1.82) is 0 Å². The largest absolute Gasteiger partial charge is 0.418 e. The first-order valence-electron chi connectivity index (χ1n) is 3.62. The van der Waals surface area contributed by atoms with Crippen LogP contribution in [0.4, 0.5) is 17.6 Å². The minimum atomic E-state index is -4.84. The van der Waals surface area contributed by atoms with E-state index in [9.17, 15) is 17.6 Å². The number of hydrogen-bond donors (Lipinski definition) is 1. The highest BCUT2D eigenvalue weighted by molar-refractivity contribution is 6.35. The van der Waals surface area contributed by atoms with E-state index >= 15 is 0 Å². The second kappa shape index (κ2) is 4.15. The molecule has 1 rings (SSSR count). The molecule has 0 radical (unpaired) electrons. The first-order chi connectivity index (χ1) is 6.73. The molecule has 0 aromatic heterocycles. The predicted molar refractivity (Wildman–Crippen MR) is 47.4 cm³/mol. The summed E-state index contributed by atoms with van der Waals surface area (Å²) in [7, 11) is 0. The van der Waals surface area contributed by atoms with Crippen LogP contribution < -0.4 is 0 Å². The lowest BCUT2D eigenvalue weighted by Crippen LogP contribution is -2.20. The Kier molecular flexibility index (Phi) is 3.48. The summed E-state index contributed by atoms with van der Waals surface area (Å²) in [5.74, 6) is -1.02. The average Bonchev–Trinajstić information content (AvgIpc) is 2.10. The molecule has 0 aliphatic rings. The monoisotopic (exact) mass is 262 g/mol. The third-order valence-electron chi connectivity index (χ3n) is 1.63. The minimum absolute atomic E-state index is 0.569. The second-order valence-electron chi connectivity index (χ2n) is 2.74. The molecule has 0 saturated carbocycles. The van der Waals surface area contributed by atoms with Crippen LogP contribution in [-0.2, 0) is 0 Å². The number of hydrogen-bond acceptors (Lipinski definition) is 1. The molecular formula is C8H4Cl2F4O. The molecule has 0 fully saturated rings. The van der Waals surface area contributed by atoms with Crippen LogP contribution in [0.1, 0.15) is 11.7 Å². The Balaban J connectivity index is 3.17. The van der Waals surface area contributed by atoms with E-state index in [1.165, 1.54) is 0 Å². The fourth-order valence-corrected chi connectivity index (χ4v) is 1.43. The quantitative estimate of drug-likeness (QED) is 0.604. The van der Waals surface area contributed by atoms with E-state index in [2.05, 4.69) is 0 Å². The zero-order valence-electron chi connectivity index (χ0n) is 6.95. The molecule has 1 aromatic rings. The van der Waals surface area contributed by atoms with Gasteiger partial charge in [0.25, 0.3) is 0 Å². The van der Waals surface area contributed by atoms with Crippen molar-refractivity contribution in [2.45, 2.75) is 12.3 Å². The summed E-state index contributed by atoms with van der Waals surface area (Å²) in [5.41, 5.74) is -0.598. The first-order valence-corrected chi connectivity index (χ1v) is 4.38. The summed E-state index contributed by atoms with van der Waals surface area (Å²) in [4.78, 5) is 0. The van der Waals surface area contributed by atoms with E-state index in [1.807, 2.05) is 0 Å². The summed E-state index contributed by atoms with van der Waals surface area (Å²) in [6.45, 7) is 0. The Morgan fingerprint density at radius 1 is 1.13 bits per heavy atom. The van der Waals surface area contributed by atoms with Crippen LogP contribution in [0.25, 0.3) is 0 Å². The predicted octanol–water partition coefficient (Wildman–Crippen LogP) is 3.73. The molecular weight excluding hydrogens is 259 g/mol. The molecule has 0 spiro atoms. The summed E-state index contributed by atoms with van der Waals surface area (Å²) in [6, 6.07) is 1.36. The normalized spacial score (nSPS) is 14.1. The van der Waals surface area contributed by atoms with Crippen LogP contribution in [-0.4, -0.2) is 11.3 Å². The van der Waals surface area contributed by atoms with E-state index in [1.54, 1.807) is 0 Å². The molecule has 1 unspecified atom stereocenters. The zero-order valence-corrected chi connectivity index (χ0v) is 8.46. The Morgan fingerprint density at radius 2 is 1.53 bits per heavy atom. The molecule has 1 atom stereocenters. The molecule has 15 heavy (non-hydrogen) atoms. The minimum Gasteiger partial charge on any atom is -0.379 e. The van der Waals surface area contributed by atoms with Crippen molar-refractivity contribution >= 4 is 23.2 Å². The van der Waals surface area contributed by atoms with E-state index in [-0.39, 0.29) is 0 Å². The van der Waals surface area contributed by atoms with Gasteiger partial charge < -0.3 is 5.11 Å². The first kappa shape index (κ1) is 12.5. The number of aliphatic hydroxyl groups excluding tert-OH is 1. The Bertz CT molecular complexity index is 354. The van der Waals surface area contributed by atoms with Crippen LogP contribution >= 0.6 is 23.2 Å². The lowest BCUT2D eigenvalue weighted by atomic mass is 10.1. The van der Waals surface area contributed by atoms with Gasteiger partial charge in [-0.05, 0) is 17.7 Å². The van der Waals surface area contributed by atoms with Gasteiger partial charge in [-0.1, -0.05) is 23.2 Å². The average molecular weight is 263 g/mol. The molecule has 1 nitrogen and oxygen atoms in total. The van der Waals surface area contributed by atoms with Gasteiger partial charge in [-0.2, -0.15) is 13.2 Å². The molecule has 7 heteroatoms. The molecule has 1 N–H and O–H groups in total. The lowest BCUT2D eigenvalue weighted by Gasteiger charge is -2.15. The Hall–Kier alpha value is -0.520. The van der Waals surface area contributed by atoms with E-state index in [0.29, 0.717) is 12.1 Å².